The first kappa shape index (κ1) is 28.3. The van der Waals surface area contributed by atoms with E-state index in [2.05, 4.69) is 70.2 Å². The van der Waals surface area contributed by atoms with Crippen molar-refractivity contribution >= 4 is 22.8 Å². The zero-order chi connectivity index (χ0) is 22.3. The molecule has 0 unspecified atom stereocenters. The van der Waals surface area contributed by atoms with E-state index in [1.807, 2.05) is 6.07 Å². The molecule has 3 heteroatoms. The fraction of sp³-hybridized carbons (Fsp3) is 0.517. The Kier molecular flexibility index (Phi) is 14.9. The fourth-order valence-corrected chi connectivity index (χ4v) is 3.93. The Morgan fingerprint density at radius 2 is 1.19 bits per heavy atom. The standard InChI is InChI=1S/C29H42N2.Ni/c1-5-9-12-20-29(28(19-10-6-2)30-26-17-13-11-14-18-26)31-27-22-21-24(15-7-3)25(23-27)16-8-4;/h11,13-14,17-18,21-23H,5-10,12,15-16,19-20H2,1-4H3;/b30-28+,31-29+;. The average molecular weight is 477 g/mol. The van der Waals surface area contributed by atoms with Gasteiger partial charge in [0.05, 0.1) is 22.8 Å². The molecule has 178 valence electrons. The van der Waals surface area contributed by atoms with Crippen LogP contribution >= 0.6 is 0 Å². The molecule has 0 heterocycles. The van der Waals surface area contributed by atoms with Crippen LogP contribution in [0, 0.1) is 0 Å². The normalized spacial score (nSPS) is 12.0. The van der Waals surface area contributed by atoms with E-state index in [1.165, 1.54) is 61.1 Å². The maximum atomic E-state index is 5.21. The summed E-state index contributed by atoms with van der Waals surface area (Å²) in [5, 5.41) is 0. The summed E-state index contributed by atoms with van der Waals surface area (Å²) in [7, 11) is 0. The van der Waals surface area contributed by atoms with E-state index in [4.69, 9.17) is 9.98 Å². The second-order valence-corrected chi connectivity index (χ2v) is 8.47. The minimum atomic E-state index is 0. The topological polar surface area (TPSA) is 24.7 Å². The molecular formula is C29H42N2Ni. The van der Waals surface area contributed by atoms with Gasteiger partial charge in [0.1, 0.15) is 0 Å². The van der Waals surface area contributed by atoms with Gasteiger partial charge in [0.2, 0.25) is 0 Å². The number of benzene rings is 2. The largest absolute Gasteiger partial charge is 0.252 e. The smallest absolute Gasteiger partial charge is 0.0636 e. The number of aryl methyl sites for hydroxylation is 2. The first-order valence-corrected chi connectivity index (χ1v) is 12.5. The Labute approximate surface area is 207 Å². The molecule has 0 saturated heterocycles. The van der Waals surface area contributed by atoms with Crippen LogP contribution < -0.4 is 0 Å². The van der Waals surface area contributed by atoms with Crippen molar-refractivity contribution < 1.29 is 16.5 Å². The van der Waals surface area contributed by atoms with E-state index in [0.717, 1.165) is 43.5 Å². The first-order valence-electron chi connectivity index (χ1n) is 12.5. The second-order valence-electron chi connectivity index (χ2n) is 8.47. The Balaban J connectivity index is 0.00000512. The summed E-state index contributed by atoms with van der Waals surface area (Å²) in [6.07, 6.45) is 12.6. The van der Waals surface area contributed by atoms with Crippen LogP contribution in [0.5, 0.6) is 0 Å². The third-order valence-corrected chi connectivity index (χ3v) is 5.63. The fourth-order valence-electron chi connectivity index (χ4n) is 3.93. The van der Waals surface area contributed by atoms with Crippen LogP contribution in [-0.4, -0.2) is 11.4 Å². The summed E-state index contributed by atoms with van der Waals surface area (Å²) in [5.74, 6) is 0. The predicted molar refractivity (Wildman–Crippen MR) is 139 cm³/mol. The van der Waals surface area contributed by atoms with E-state index >= 15 is 0 Å². The first-order chi connectivity index (χ1) is 15.2. The van der Waals surface area contributed by atoms with Gasteiger partial charge < -0.3 is 0 Å². The molecule has 0 saturated carbocycles. The summed E-state index contributed by atoms with van der Waals surface area (Å²) in [4.78, 5) is 10.3. The summed E-state index contributed by atoms with van der Waals surface area (Å²) in [6, 6.07) is 17.2. The summed E-state index contributed by atoms with van der Waals surface area (Å²) >= 11 is 0. The Morgan fingerprint density at radius 3 is 1.81 bits per heavy atom. The van der Waals surface area contributed by atoms with Gasteiger partial charge >= 0.3 is 0 Å². The van der Waals surface area contributed by atoms with Crippen LogP contribution in [-0.2, 0) is 29.3 Å². The monoisotopic (exact) mass is 476 g/mol. The number of hydrogen-bond acceptors (Lipinski definition) is 2. The molecule has 2 aromatic carbocycles. The summed E-state index contributed by atoms with van der Waals surface area (Å²) < 4.78 is 0. The van der Waals surface area contributed by atoms with Crippen molar-refractivity contribution in [3.05, 3.63) is 59.7 Å². The van der Waals surface area contributed by atoms with Crippen LogP contribution in [0.4, 0.5) is 11.4 Å². The van der Waals surface area contributed by atoms with Crippen molar-refractivity contribution in [2.75, 3.05) is 0 Å². The number of para-hydroxylation sites is 1. The van der Waals surface area contributed by atoms with Crippen molar-refractivity contribution in [2.24, 2.45) is 9.98 Å². The van der Waals surface area contributed by atoms with Gasteiger partial charge in [-0.15, -0.1) is 0 Å². The van der Waals surface area contributed by atoms with Gasteiger partial charge in [0.25, 0.3) is 0 Å². The summed E-state index contributed by atoms with van der Waals surface area (Å²) in [6.45, 7) is 9.03. The minimum absolute atomic E-state index is 0. The predicted octanol–water partition coefficient (Wildman–Crippen LogP) is 9.20. The molecular weight excluding hydrogens is 435 g/mol. The molecule has 0 aliphatic carbocycles. The van der Waals surface area contributed by atoms with Crippen LogP contribution in [0.2, 0.25) is 0 Å². The molecule has 2 aromatic rings. The molecule has 0 amide bonds. The minimum Gasteiger partial charge on any atom is -0.252 e. The maximum Gasteiger partial charge on any atom is 0.0636 e. The SMILES string of the molecule is CCCCCC(=N\c1ccc(CCC)c(CCC)c1)/C(CCCC)=N/c1ccccc1.[Ni]. The van der Waals surface area contributed by atoms with E-state index in [9.17, 15) is 0 Å². The van der Waals surface area contributed by atoms with Gasteiger partial charge in [-0.2, -0.15) is 0 Å². The van der Waals surface area contributed by atoms with Gasteiger partial charge in [-0.3, -0.25) is 9.98 Å². The quantitative estimate of drug-likeness (QED) is 0.147. The Morgan fingerprint density at radius 1 is 0.594 bits per heavy atom. The third-order valence-electron chi connectivity index (χ3n) is 5.63. The number of nitrogens with zero attached hydrogens (tertiary/aromatic N) is 2. The van der Waals surface area contributed by atoms with Crippen LogP contribution in [0.15, 0.2) is 58.5 Å². The molecule has 0 spiro atoms. The van der Waals surface area contributed by atoms with Gasteiger partial charge in [0, 0.05) is 16.5 Å². The number of rotatable bonds is 14. The number of unbranched alkanes of at least 4 members (excludes halogenated alkanes) is 3. The van der Waals surface area contributed by atoms with E-state index < -0.39 is 0 Å². The Hall–Kier alpha value is -1.73. The van der Waals surface area contributed by atoms with Crippen molar-refractivity contribution in [3.8, 4) is 0 Å². The van der Waals surface area contributed by atoms with Crippen molar-refractivity contribution in [2.45, 2.75) is 98.3 Å². The van der Waals surface area contributed by atoms with Crippen LogP contribution in [0.3, 0.4) is 0 Å². The molecule has 0 aliphatic heterocycles. The third kappa shape index (κ3) is 9.82. The van der Waals surface area contributed by atoms with E-state index in [0.29, 0.717) is 0 Å². The number of hydrogen-bond donors (Lipinski definition) is 0. The molecule has 32 heavy (non-hydrogen) atoms. The molecule has 0 N–H and O–H groups in total. The van der Waals surface area contributed by atoms with Crippen LogP contribution in [0.1, 0.15) is 96.6 Å². The molecule has 0 aliphatic rings. The van der Waals surface area contributed by atoms with Crippen molar-refractivity contribution in [1.82, 2.24) is 0 Å². The molecule has 2 rings (SSSR count). The van der Waals surface area contributed by atoms with E-state index in [1.54, 1.807) is 0 Å². The Bertz CT molecular complexity index is 824. The van der Waals surface area contributed by atoms with Gasteiger partial charge in [-0.25, -0.2) is 0 Å². The zero-order valence-corrected chi connectivity index (χ0v) is 21.6. The van der Waals surface area contributed by atoms with Crippen molar-refractivity contribution in [1.29, 1.82) is 0 Å². The van der Waals surface area contributed by atoms with E-state index in [-0.39, 0.29) is 16.5 Å². The number of aliphatic imine (C=N–C) groups is 2. The maximum absolute atomic E-state index is 5.21. The molecule has 2 nitrogen and oxygen atoms in total. The van der Waals surface area contributed by atoms with Gasteiger partial charge in [-0.05, 0) is 73.9 Å². The van der Waals surface area contributed by atoms with Crippen molar-refractivity contribution in [3.63, 3.8) is 0 Å². The van der Waals surface area contributed by atoms with Gasteiger partial charge in [0.15, 0.2) is 0 Å². The zero-order valence-electron chi connectivity index (χ0n) is 20.6. The molecule has 0 bridgehead atoms. The molecule has 0 radical (unpaired) electrons. The van der Waals surface area contributed by atoms with Crippen LogP contribution in [0.25, 0.3) is 0 Å². The molecule has 0 fully saturated rings. The molecule has 0 atom stereocenters. The van der Waals surface area contributed by atoms with Gasteiger partial charge in [-0.1, -0.05) is 84.1 Å². The molecule has 0 aromatic heterocycles. The second kappa shape index (κ2) is 16.8. The average Bonchev–Trinajstić information content (AvgIpc) is 2.79. The summed E-state index contributed by atoms with van der Waals surface area (Å²) in [5.41, 5.74) is 7.41.